The minimum atomic E-state index is -4.27. The molecule has 0 unspecified atom stereocenters. The molecule has 1 fully saturated rings. The Labute approximate surface area is 122 Å². The Morgan fingerprint density at radius 2 is 1.71 bits per heavy atom. The van der Waals surface area contributed by atoms with E-state index in [2.05, 4.69) is 20.6 Å². The highest BCUT2D eigenvalue weighted by Crippen LogP contribution is 2.51. The van der Waals surface area contributed by atoms with Crippen LogP contribution < -0.4 is 10.6 Å². The SMILES string of the molecule is CCNc1cc(NC2(C(F)(F)F)CC2)nc(C(C)(C)C)n1. The van der Waals surface area contributed by atoms with E-state index in [1.807, 2.05) is 27.7 Å². The van der Waals surface area contributed by atoms with Crippen LogP contribution in [0.25, 0.3) is 0 Å². The third kappa shape index (κ3) is 3.39. The van der Waals surface area contributed by atoms with Gasteiger partial charge in [0.05, 0.1) is 0 Å². The van der Waals surface area contributed by atoms with Gasteiger partial charge in [-0.1, -0.05) is 20.8 Å². The first-order chi connectivity index (χ1) is 9.57. The number of hydrogen-bond donors (Lipinski definition) is 2. The number of anilines is 2. The van der Waals surface area contributed by atoms with Crippen molar-refractivity contribution in [3.8, 4) is 0 Å². The molecule has 1 aliphatic carbocycles. The normalized spacial score (nSPS) is 17.5. The first-order valence-corrected chi connectivity index (χ1v) is 7.06. The molecule has 0 aliphatic heterocycles. The maximum Gasteiger partial charge on any atom is 0.411 e. The number of aromatic nitrogens is 2. The van der Waals surface area contributed by atoms with Gasteiger partial charge in [0.1, 0.15) is 23.0 Å². The molecule has 0 atom stereocenters. The first-order valence-electron chi connectivity index (χ1n) is 7.06. The summed E-state index contributed by atoms with van der Waals surface area (Å²) >= 11 is 0. The van der Waals surface area contributed by atoms with Gasteiger partial charge in [-0.3, -0.25) is 0 Å². The zero-order chi connectivity index (χ0) is 15.9. The highest BCUT2D eigenvalue weighted by atomic mass is 19.4. The second kappa shape index (κ2) is 5.03. The number of nitrogens with one attached hydrogen (secondary N) is 2. The fourth-order valence-electron chi connectivity index (χ4n) is 1.97. The molecule has 118 valence electrons. The Kier molecular flexibility index (Phi) is 3.80. The van der Waals surface area contributed by atoms with Crippen molar-refractivity contribution in [3.05, 3.63) is 11.9 Å². The molecular weight excluding hydrogens is 281 g/mol. The average molecular weight is 302 g/mol. The molecule has 0 radical (unpaired) electrons. The molecule has 1 aliphatic rings. The van der Waals surface area contributed by atoms with Crippen LogP contribution in [0, 0.1) is 0 Å². The summed E-state index contributed by atoms with van der Waals surface area (Å²) in [5.41, 5.74) is -2.16. The van der Waals surface area contributed by atoms with Crippen LogP contribution in [0.1, 0.15) is 46.4 Å². The van der Waals surface area contributed by atoms with Crippen molar-refractivity contribution in [2.75, 3.05) is 17.2 Å². The molecule has 0 spiro atoms. The lowest BCUT2D eigenvalue weighted by atomic mass is 9.96. The van der Waals surface area contributed by atoms with Gasteiger partial charge in [0, 0.05) is 18.0 Å². The predicted octanol–water partition coefficient (Wildman–Crippen LogP) is 3.71. The van der Waals surface area contributed by atoms with Crippen molar-refractivity contribution in [2.24, 2.45) is 0 Å². The van der Waals surface area contributed by atoms with Gasteiger partial charge in [-0.15, -0.1) is 0 Å². The second-order valence-electron chi connectivity index (χ2n) is 6.45. The van der Waals surface area contributed by atoms with Crippen LogP contribution in [0.4, 0.5) is 24.8 Å². The van der Waals surface area contributed by atoms with Crippen LogP contribution in [-0.4, -0.2) is 28.2 Å². The largest absolute Gasteiger partial charge is 0.411 e. The number of rotatable bonds is 4. The van der Waals surface area contributed by atoms with Gasteiger partial charge < -0.3 is 10.6 Å². The van der Waals surface area contributed by atoms with Gasteiger partial charge in [-0.2, -0.15) is 13.2 Å². The minimum absolute atomic E-state index is 0.0852. The molecule has 1 aromatic heterocycles. The molecule has 2 N–H and O–H groups in total. The van der Waals surface area contributed by atoms with Crippen molar-refractivity contribution >= 4 is 11.6 Å². The van der Waals surface area contributed by atoms with E-state index >= 15 is 0 Å². The Hall–Kier alpha value is -1.53. The van der Waals surface area contributed by atoms with Crippen molar-refractivity contribution in [2.45, 2.75) is 57.7 Å². The van der Waals surface area contributed by atoms with E-state index in [4.69, 9.17) is 0 Å². The summed E-state index contributed by atoms with van der Waals surface area (Å²) < 4.78 is 39.1. The lowest BCUT2D eigenvalue weighted by molar-refractivity contribution is -0.151. The third-order valence-corrected chi connectivity index (χ3v) is 3.41. The van der Waals surface area contributed by atoms with Crippen LogP contribution in [0.15, 0.2) is 6.07 Å². The number of alkyl halides is 3. The summed E-state index contributed by atoms with van der Waals surface area (Å²) in [6, 6.07) is 1.53. The molecule has 21 heavy (non-hydrogen) atoms. The van der Waals surface area contributed by atoms with E-state index in [0.717, 1.165) is 0 Å². The summed E-state index contributed by atoms with van der Waals surface area (Å²) in [6.45, 7) is 8.34. The molecule has 0 saturated heterocycles. The highest BCUT2D eigenvalue weighted by molar-refractivity contribution is 5.51. The van der Waals surface area contributed by atoms with Crippen LogP contribution >= 0.6 is 0 Å². The average Bonchev–Trinajstić information content (AvgIpc) is 3.08. The van der Waals surface area contributed by atoms with Crippen molar-refractivity contribution in [1.29, 1.82) is 0 Å². The van der Waals surface area contributed by atoms with Crippen molar-refractivity contribution in [3.63, 3.8) is 0 Å². The monoisotopic (exact) mass is 302 g/mol. The lowest BCUT2D eigenvalue weighted by Gasteiger charge is -2.24. The predicted molar refractivity (Wildman–Crippen MR) is 76.5 cm³/mol. The van der Waals surface area contributed by atoms with Gasteiger partial charge in [0.2, 0.25) is 0 Å². The van der Waals surface area contributed by atoms with E-state index in [1.165, 1.54) is 6.07 Å². The van der Waals surface area contributed by atoms with Crippen molar-refractivity contribution in [1.82, 2.24) is 9.97 Å². The van der Waals surface area contributed by atoms with Gasteiger partial charge in [-0.05, 0) is 19.8 Å². The molecule has 1 heterocycles. The van der Waals surface area contributed by atoms with Crippen LogP contribution in [-0.2, 0) is 5.41 Å². The molecule has 0 amide bonds. The van der Waals surface area contributed by atoms with E-state index in [0.29, 0.717) is 18.2 Å². The Bertz CT molecular complexity index is 516. The number of hydrogen-bond acceptors (Lipinski definition) is 4. The molecular formula is C14H21F3N4. The van der Waals surface area contributed by atoms with E-state index in [-0.39, 0.29) is 24.1 Å². The zero-order valence-electron chi connectivity index (χ0n) is 12.7. The van der Waals surface area contributed by atoms with Crippen LogP contribution in [0.5, 0.6) is 0 Å². The molecule has 0 bridgehead atoms. The van der Waals surface area contributed by atoms with Gasteiger partial charge in [0.15, 0.2) is 0 Å². The topological polar surface area (TPSA) is 49.8 Å². The van der Waals surface area contributed by atoms with Gasteiger partial charge in [-0.25, -0.2) is 9.97 Å². The highest BCUT2D eigenvalue weighted by Gasteiger charge is 2.63. The lowest BCUT2D eigenvalue weighted by Crippen LogP contribution is -2.39. The molecule has 0 aromatic carbocycles. The van der Waals surface area contributed by atoms with Gasteiger partial charge in [0.25, 0.3) is 0 Å². The van der Waals surface area contributed by atoms with Crippen LogP contribution in [0.2, 0.25) is 0 Å². The van der Waals surface area contributed by atoms with Gasteiger partial charge >= 0.3 is 6.18 Å². The standard InChI is InChI=1S/C14H21F3N4/c1-5-18-9-8-10(20-11(19-9)12(2,3)4)21-13(6-7-13)14(15,16)17/h8H,5-7H2,1-4H3,(H2,18,19,20,21). The Morgan fingerprint density at radius 3 is 2.14 bits per heavy atom. The maximum atomic E-state index is 13.0. The molecule has 4 nitrogen and oxygen atoms in total. The Morgan fingerprint density at radius 1 is 1.14 bits per heavy atom. The first kappa shape index (κ1) is 15.9. The fourth-order valence-corrected chi connectivity index (χ4v) is 1.97. The van der Waals surface area contributed by atoms with Crippen LogP contribution in [0.3, 0.4) is 0 Å². The van der Waals surface area contributed by atoms with Crippen molar-refractivity contribution < 1.29 is 13.2 Å². The third-order valence-electron chi connectivity index (χ3n) is 3.41. The zero-order valence-corrected chi connectivity index (χ0v) is 12.7. The summed E-state index contributed by atoms with van der Waals surface area (Å²) in [5, 5.41) is 5.60. The van der Waals surface area contributed by atoms with E-state index in [1.54, 1.807) is 0 Å². The number of halogens is 3. The minimum Gasteiger partial charge on any atom is -0.370 e. The fraction of sp³-hybridized carbons (Fsp3) is 0.714. The molecule has 1 aromatic rings. The maximum absolute atomic E-state index is 13.0. The summed E-state index contributed by atoms with van der Waals surface area (Å²) in [5.74, 6) is 1.28. The molecule has 1 saturated carbocycles. The summed E-state index contributed by atoms with van der Waals surface area (Å²) in [4.78, 5) is 8.63. The number of nitrogens with zero attached hydrogens (tertiary/aromatic N) is 2. The summed E-state index contributed by atoms with van der Waals surface area (Å²) in [6.07, 6.45) is -4.10. The second-order valence-corrected chi connectivity index (χ2v) is 6.45. The molecule has 7 heteroatoms. The quantitative estimate of drug-likeness (QED) is 0.890. The van der Waals surface area contributed by atoms with E-state index in [9.17, 15) is 13.2 Å². The summed E-state index contributed by atoms with van der Waals surface area (Å²) in [7, 11) is 0. The Balaban J connectivity index is 2.33. The van der Waals surface area contributed by atoms with E-state index < -0.39 is 11.7 Å². The smallest absolute Gasteiger partial charge is 0.370 e. The molecule has 2 rings (SSSR count).